The van der Waals surface area contributed by atoms with Crippen molar-refractivity contribution in [3.05, 3.63) is 137 Å². The highest BCUT2D eigenvalue weighted by Crippen LogP contribution is 2.38. The highest BCUT2D eigenvalue weighted by molar-refractivity contribution is 7.98. The first-order chi connectivity index (χ1) is 20.8. The summed E-state index contributed by atoms with van der Waals surface area (Å²) in [6.45, 7) is 0. The molecule has 0 amide bonds. The van der Waals surface area contributed by atoms with Gasteiger partial charge >= 0.3 is 6.18 Å². The second-order valence-electron chi connectivity index (χ2n) is 9.41. The van der Waals surface area contributed by atoms with Crippen LogP contribution in [0.3, 0.4) is 0 Å². The molecule has 2 heterocycles. The van der Waals surface area contributed by atoms with Gasteiger partial charge in [-0.3, -0.25) is 4.79 Å². The lowest BCUT2D eigenvalue weighted by Gasteiger charge is -2.15. The van der Waals surface area contributed by atoms with Crippen molar-refractivity contribution in [2.45, 2.75) is 17.0 Å². The van der Waals surface area contributed by atoms with Crippen LogP contribution in [0.1, 0.15) is 32.7 Å². The van der Waals surface area contributed by atoms with Gasteiger partial charge in [0.15, 0.2) is 5.78 Å². The number of thioether (sulfide) groups is 1. The van der Waals surface area contributed by atoms with Crippen LogP contribution < -0.4 is 4.74 Å². The molecule has 0 N–H and O–H groups in total. The van der Waals surface area contributed by atoms with Gasteiger partial charge in [0.2, 0.25) is 0 Å². The first kappa shape index (κ1) is 29.4. The average molecular weight is 596 g/mol. The highest BCUT2D eigenvalue weighted by atomic mass is 32.2. The summed E-state index contributed by atoms with van der Waals surface area (Å²) in [5.41, 5.74) is 2.40. The second kappa shape index (κ2) is 12.8. The lowest BCUT2D eigenvalue weighted by Crippen LogP contribution is -2.10. The zero-order chi connectivity index (χ0) is 30.4. The predicted molar refractivity (Wildman–Crippen MR) is 161 cm³/mol. The van der Waals surface area contributed by atoms with Crippen LogP contribution >= 0.6 is 11.8 Å². The number of halogens is 3. The van der Waals surface area contributed by atoms with E-state index >= 15 is 0 Å². The summed E-state index contributed by atoms with van der Waals surface area (Å²) < 4.78 is 48.8. The van der Waals surface area contributed by atoms with E-state index in [1.54, 1.807) is 66.7 Å². The lowest BCUT2D eigenvalue weighted by atomic mass is 10.0. The van der Waals surface area contributed by atoms with Crippen LogP contribution in [0.2, 0.25) is 0 Å². The molecule has 9 heteroatoms. The second-order valence-corrected chi connectivity index (χ2v) is 10.4. The van der Waals surface area contributed by atoms with Gasteiger partial charge in [-0.25, -0.2) is 4.98 Å². The number of ketones is 1. The van der Waals surface area contributed by atoms with Gasteiger partial charge in [-0.1, -0.05) is 54.6 Å². The van der Waals surface area contributed by atoms with Gasteiger partial charge in [0, 0.05) is 40.5 Å². The normalized spacial score (nSPS) is 11.4. The first-order valence-corrected chi connectivity index (χ1v) is 14.1. The van der Waals surface area contributed by atoms with Crippen molar-refractivity contribution in [1.29, 1.82) is 5.26 Å². The molecule has 0 saturated heterocycles. The molecule has 0 spiro atoms. The molecule has 0 aliphatic rings. The molecule has 2 aromatic heterocycles. The minimum absolute atomic E-state index is 0.0306. The Kier molecular flexibility index (Phi) is 8.79. The number of nitriles is 1. The minimum Gasteiger partial charge on any atom is -0.496 e. The molecule has 0 atom stereocenters. The van der Waals surface area contributed by atoms with Crippen molar-refractivity contribution in [2.75, 3.05) is 7.11 Å². The summed E-state index contributed by atoms with van der Waals surface area (Å²) in [6, 6.07) is 27.8. The van der Waals surface area contributed by atoms with Crippen LogP contribution in [-0.4, -0.2) is 22.4 Å². The Bertz CT molecular complexity index is 1830. The smallest absolute Gasteiger partial charge is 0.433 e. The third-order valence-corrected chi connectivity index (χ3v) is 7.63. The molecule has 43 heavy (non-hydrogen) atoms. The van der Waals surface area contributed by atoms with Crippen molar-refractivity contribution >= 4 is 23.6 Å². The number of hydrogen-bond acceptors (Lipinski definition) is 5. The molecule has 0 aliphatic heterocycles. The van der Waals surface area contributed by atoms with Crippen molar-refractivity contribution in [3.63, 3.8) is 0 Å². The molecule has 5 nitrogen and oxygen atoms in total. The van der Waals surface area contributed by atoms with E-state index in [2.05, 4.69) is 4.98 Å². The summed E-state index contributed by atoms with van der Waals surface area (Å²) >= 11 is 1.02. The Morgan fingerprint density at radius 2 is 1.77 bits per heavy atom. The number of methoxy groups -OCH3 is 1. The number of rotatable bonds is 9. The Balaban J connectivity index is 1.41. The molecule has 0 radical (unpaired) electrons. The van der Waals surface area contributed by atoms with Crippen LogP contribution in [0, 0.1) is 11.3 Å². The monoisotopic (exact) mass is 595 g/mol. The Labute approximate surface area is 250 Å². The van der Waals surface area contributed by atoms with E-state index in [0.717, 1.165) is 23.5 Å². The number of hydrogen-bond donors (Lipinski definition) is 0. The van der Waals surface area contributed by atoms with Gasteiger partial charge in [-0.05, 0) is 59.7 Å². The molecule has 0 bridgehead atoms. The van der Waals surface area contributed by atoms with Crippen LogP contribution in [0.4, 0.5) is 13.2 Å². The van der Waals surface area contributed by atoms with Gasteiger partial charge in [0.05, 0.1) is 12.7 Å². The number of pyridine rings is 1. The van der Waals surface area contributed by atoms with Gasteiger partial charge < -0.3 is 9.30 Å². The van der Waals surface area contributed by atoms with Gasteiger partial charge in [0.1, 0.15) is 22.5 Å². The molecule has 0 fully saturated rings. The van der Waals surface area contributed by atoms with E-state index in [4.69, 9.17) is 4.74 Å². The van der Waals surface area contributed by atoms with E-state index in [-0.39, 0.29) is 27.7 Å². The third kappa shape index (κ3) is 6.88. The van der Waals surface area contributed by atoms with Crippen molar-refractivity contribution in [1.82, 2.24) is 9.55 Å². The molecular weight excluding hydrogens is 571 g/mol. The Hall–Kier alpha value is -5.07. The van der Waals surface area contributed by atoms with E-state index in [0.29, 0.717) is 28.0 Å². The zero-order valence-corrected chi connectivity index (χ0v) is 23.7. The predicted octanol–water partition coefficient (Wildman–Crippen LogP) is 8.63. The van der Waals surface area contributed by atoms with Crippen molar-refractivity contribution < 1.29 is 22.7 Å². The molecule has 0 aliphatic carbocycles. The van der Waals surface area contributed by atoms with Crippen molar-refractivity contribution in [2.24, 2.45) is 0 Å². The van der Waals surface area contributed by atoms with Gasteiger partial charge in [-0.15, -0.1) is 11.8 Å². The molecule has 0 unspecified atom stereocenters. The zero-order valence-electron chi connectivity index (χ0n) is 22.9. The number of aromatic nitrogens is 2. The van der Waals surface area contributed by atoms with E-state index < -0.39 is 11.9 Å². The topological polar surface area (TPSA) is 67.9 Å². The van der Waals surface area contributed by atoms with Gasteiger partial charge in [0.25, 0.3) is 0 Å². The molecule has 5 rings (SSSR count). The van der Waals surface area contributed by atoms with Gasteiger partial charge in [-0.2, -0.15) is 18.4 Å². The molecule has 5 aromatic rings. The Morgan fingerprint density at radius 3 is 2.47 bits per heavy atom. The van der Waals surface area contributed by atoms with E-state index in [1.165, 1.54) is 13.2 Å². The average Bonchev–Trinajstić information content (AvgIpc) is 3.57. The number of carbonyl (C=O) groups excluding carboxylic acids is 1. The Morgan fingerprint density at radius 1 is 1.00 bits per heavy atom. The largest absolute Gasteiger partial charge is 0.496 e. The van der Waals surface area contributed by atoms with Crippen molar-refractivity contribution in [3.8, 4) is 28.6 Å². The van der Waals surface area contributed by atoms with Crippen LogP contribution in [0.25, 0.3) is 22.9 Å². The number of allylic oxidation sites excluding steroid dienone is 1. The minimum atomic E-state index is -4.69. The lowest BCUT2D eigenvalue weighted by molar-refractivity contribution is -0.141. The third-order valence-electron chi connectivity index (χ3n) is 6.60. The fourth-order valence-corrected chi connectivity index (χ4v) is 5.46. The summed E-state index contributed by atoms with van der Waals surface area (Å²) in [6.07, 6.45) is 2.25. The molecular formula is C34H24F3N3O2S. The number of benzene rings is 3. The highest BCUT2D eigenvalue weighted by Gasteiger charge is 2.34. The summed E-state index contributed by atoms with van der Waals surface area (Å²) in [5.74, 6) is 0.514. The maximum Gasteiger partial charge on any atom is 0.433 e. The molecule has 3 aromatic carbocycles. The summed E-state index contributed by atoms with van der Waals surface area (Å²) in [5, 5.41) is 9.90. The SMILES string of the molecule is COc1ccc(/C=C/C(=O)c2cccc(-n3cccc3)c2)cc1CSc1nc(C(F)(F)F)cc(-c2ccccc2)c1C#N. The van der Waals surface area contributed by atoms with E-state index in [9.17, 15) is 23.2 Å². The van der Waals surface area contributed by atoms with Crippen LogP contribution in [-0.2, 0) is 11.9 Å². The van der Waals surface area contributed by atoms with Crippen LogP contribution in [0.5, 0.6) is 5.75 Å². The fourth-order valence-electron chi connectivity index (χ4n) is 4.48. The molecule has 214 valence electrons. The molecule has 0 saturated carbocycles. The maximum atomic E-state index is 13.8. The van der Waals surface area contributed by atoms with E-state index in [1.807, 2.05) is 47.3 Å². The summed E-state index contributed by atoms with van der Waals surface area (Å²) in [7, 11) is 1.50. The fraction of sp³-hybridized carbons (Fsp3) is 0.0882. The quantitative estimate of drug-likeness (QED) is 0.0970. The number of ether oxygens (including phenoxy) is 1. The maximum absolute atomic E-state index is 13.8. The first-order valence-electron chi connectivity index (χ1n) is 13.1. The summed E-state index contributed by atoms with van der Waals surface area (Å²) in [4.78, 5) is 16.8. The number of carbonyl (C=O) groups is 1. The van der Waals surface area contributed by atoms with Crippen LogP contribution in [0.15, 0.2) is 114 Å². The number of alkyl halides is 3. The number of nitrogens with zero attached hydrogens (tertiary/aromatic N) is 3. The standard InChI is InChI=1S/C34H24F3N3O2S/c1-42-31-15-13-23(12-14-30(41)25-10-7-11-27(19-25)40-16-5-6-17-40)18-26(31)22-43-33-29(21-38)28(24-8-3-2-4-9-24)20-32(39-33)34(35,36)37/h2-20H,22H2,1H3/b14-12+.